The summed E-state index contributed by atoms with van der Waals surface area (Å²) < 4.78 is 32.8. The number of para-hydroxylation sites is 1. The molecule has 0 radical (unpaired) electrons. The van der Waals surface area contributed by atoms with E-state index in [1.165, 1.54) is 0 Å². The molecule has 4 rings (SSSR count). The predicted molar refractivity (Wildman–Crippen MR) is 112 cm³/mol. The summed E-state index contributed by atoms with van der Waals surface area (Å²) in [4.78, 5) is 4.71. The summed E-state index contributed by atoms with van der Waals surface area (Å²) in [5, 5.41) is 4.51. The predicted octanol–water partition coefficient (Wildman–Crippen LogP) is 3.18. The monoisotopic (exact) mass is 403 g/mol. The number of anilines is 1. The molecule has 6 nitrogen and oxygen atoms in total. The Morgan fingerprint density at radius 2 is 1.86 bits per heavy atom. The molecule has 1 aromatic heterocycles. The molecule has 2 aliphatic rings. The van der Waals surface area contributed by atoms with E-state index >= 15 is 0 Å². The Bertz CT molecular complexity index is 918. The SMILES string of the molecule is CCc1cc(NC2CCN(S(=O)(=O)C3CCOCC3)CC2)c2ccccc2n1. The number of rotatable bonds is 5. The highest BCUT2D eigenvalue weighted by atomic mass is 32.2. The Balaban J connectivity index is 1.44. The van der Waals surface area contributed by atoms with Crippen molar-refractivity contribution in [2.24, 2.45) is 0 Å². The summed E-state index contributed by atoms with van der Waals surface area (Å²) >= 11 is 0. The van der Waals surface area contributed by atoms with E-state index in [0.717, 1.165) is 41.5 Å². The maximum Gasteiger partial charge on any atom is 0.217 e. The van der Waals surface area contributed by atoms with Crippen molar-refractivity contribution < 1.29 is 13.2 Å². The van der Waals surface area contributed by atoms with Crippen molar-refractivity contribution in [3.05, 3.63) is 36.0 Å². The fourth-order valence-corrected chi connectivity index (χ4v) is 6.12. The van der Waals surface area contributed by atoms with Gasteiger partial charge in [-0.3, -0.25) is 4.98 Å². The molecule has 0 bridgehead atoms. The van der Waals surface area contributed by atoms with E-state index in [-0.39, 0.29) is 11.3 Å². The first-order chi connectivity index (χ1) is 13.6. The minimum Gasteiger partial charge on any atom is -0.382 e. The Labute approximate surface area is 167 Å². The van der Waals surface area contributed by atoms with Crippen LogP contribution < -0.4 is 5.32 Å². The molecule has 1 aromatic carbocycles. The third-order valence-electron chi connectivity index (χ3n) is 5.89. The van der Waals surface area contributed by atoms with Crippen LogP contribution in [-0.2, 0) is 21.2 Å². The topological polar surface area (TPSA) is 71.5 Å². The number of hydrogen-bond acceptors (Lipinski definition) is 5. The van der Waals surface area contributed by atoms with Gasteiger partial charge >= 0.3 is 0 Å². The summed E-state index contributed by atoms with van der Waals surface area (Å²) in [7, 11) is -3.21. The first-order valence-corrected chi connectivity index (χ1v) is 11.8. The van der Waals surface area contributed by atoms with Gasteiger partial charge in [-0.05, 0) is 44.2 Å². The lowest BCUT2D eigenvalue weighted by molar-refractivity contribution is 0.0969. The average Bonchev–Trinajstić information content (AvgIpc) is 2.74. The highest BCUT2D eigenvalue weighted by Gasteiger charge is 2.35. The van der Waals surface area contributed by atoms with Crippen LogP contribution in [0, 0.1) is 0 Å². The Hall–Kier alpha value is -1.70. The van der Waals surface area contributed by atoms with Crippen LogP contribution in [-0.4, -0.2) is 55.3 Å². The molecular weight excluding hydrogens is 374 g/mol. The van der Waals surface area contributed by atoms with Crippen molar-refractivity contribution in [3.8, 4) is 0 Å². The van der Waals surface area contributed by atoms with Crippen molar-refractivity contribution in [1.29, 1.82) is 0 Å². The van der Waals surface area contributed by atoms with E-state index in [1.807, 2.05) is 18.2 Å². The van der Waals surface area contributed by atoms with E-state index in [2.05, 4.69) is 24.4 Å². The number of pyridine rings is 1. The quantitative estimate of drug-likeness (QED) is 0.830. The molecule has 2 aliphatic heterocycles. The second-order valence-corrected chi connectivity index (χ2v) is 9.92. The van der Waals surface area contributed by atoms with Crippen molar-refractivity contribution in [3.63, 3.8) is 0 Å². The van der Waals surface area contributed by atoms with Gasteiger partial charge in [-0.25, -0.2) is 12.7 Å². The van der Waals surface area contributed by atoms with Crippen LogP contribution in [0.1, 0.15) is 38.3 Å². The molecule has 3 heterocycles. The van der Waals surface area contributed by atoms with Crippen molar-refractivity contribution in [1.82, 2.24) is 9.29 Å². The summed E-state index contributed by atoms with van der Waals surface area (Å²) in [6.45, 7) is 4.39. The fraction of sp³-hybridized carbons (Fsp3) is 0.571. The summed E-state index contributed by atoms with van der Waals surface area (Å²) in [5.41, 5.74) is 3.18. The molecular formula is C21H29N3O3S. The third-order valence-corrected chi connectivity index (χ3v) is 8.29. The zero-order valence-electron chi connectivity index (χ0n) is 16.4. The highest BCUT2D eigenvalue weighted by molar-refractivity contribution is 7.89. The number of aryl methyl sites for hydroxylation is 1. The zero-order chi connectivity index (χ0) is 19.6. The standard InChI is InChI=1S/C21H29N3O3S/c1-2-16-15-21(19-5-3-4-6-20(19)22-16)23-17-7-11-24(12-8-17)28(25,26)18-9-13-27-14-10-18/h3-6,15,17-18H,2,7-14H2,1H3,(H,22,23). The normalized spacial score (nSPS) is 20.5. The average molecular weight is 404 g/mol. The number of sulfonamides is 1. The van der Waals surface area contributed by atoms with Gasteiger partial charge < -0.3 is 10.1 Å². The molecule has 2 saturated heterocycles. The van der Waals surface area contributed by atoms with Crippen molar-refractivity contribution in [2.75, 3.05) is 31.6 Å². The van der Waals surface area contributed by atoms with E-state index in [0.29, 0.717) is 39.1 Å². The molecule has 2 aromatic rings. The number of hydrogen-bond donors (Lipinski definition) is 1. The number of aromatic nitrogens is 1. The van der Waals surface area contributed by atoms with Gasteiger partial charge in [0.25, 0.3) is 0 Å². The van der Waals surface area contributed by atoms with E-state index < -0.39 is 10.0 Å². The maximum absolute atomic E-state index is 12.9. The smallest absolute Gasteiger partial charge is 0.217 e. The van der Waals surface area contributed by atoms with Gasteiger partial charge in [0.05, 0.1) is 10.8 Å². The van der Waals surface area contributed by atoms with Crippen LogP contribution in [0.5, 0.6) is 0 Å². The van der Waals surface area contributed by atoms with Crippen LogP contribution in [0.4, 0.5) is 5.69 Å². The second-order valence-electron chi connectivity index (χ2n) is 7.71. The first kappa shape index (κ1) is 19.6. The Morgan fingerprint density at radius 1 is 1.14 bits per heavy atom. The minimum absolute atomic E-state index is 0.275. The number of nitrogens with one attached hydrogen (secondary N) is 1. The maximum atomic E-state index is 12.9. The highest BCUT2D eigenvalue weighted by Crippen LogP contribution is 2.28. The third kappa shape index (κ3) is 4.02. The lowest BCUT2D eigenvalue weighted by Gasteiger charge is -2.35. The lowest BCUT2D eigenvalue weighted by Crippen LogP contribution is -2.47. The largest absolute Gasteiger partial charge is 0.382 e. The molecule has 0 aliphatic carbocycles. The number of piperidine rings is 1. The van der Waals surface area contributed by atoms with Gasteiger partial charge in [-0.1, -0.05) is 25.1 Å². The molecule has 0 amide bonds. The molecule has 0 atom stereocenters. The minimum atomic E-state index is -3.21. The number of nitrogens with zero attached hydrogens (tertiary/aromatic N) is 2. The number of fused-ring (bicyclic) bond motifs is 1. The Kier molecular flexibility index (Phi) is 5.85. The molecule has 0 unspecified atom stereocenters. The first-order valence-electron chi connectivity index (χ1n) is 10.3. The van der Waals surface area contributed by atoms with Crippen LogP contribution in [0.25, 0.3) is 10.9 Å². The van der Waals surface area contributed by atoms with Gasteiger partial charge in [-0.2, -0.15) is 0 Å². The number of ether oxygens (including phenoxy) is 1. The molecule has 1 N–H and O–H groups in total. The Morgan fingerprint density at radius 3 is 2.57 bits per heavy atom. The molecule has 0 spiro atoms. The molecule has 7 heteroatoms. The summed E-state index contributed by atoms with van der Waals surface area (Å²) in [6.07, 6.45) is 3.76. The van der Waals surface area contributed by atoms with Gasteiger partial charge in [0.2, 0.25) is 10.0 Å². The van der Waals surface area contributed by atoms with Crippen LogP contribution in [0.3, 0.4) is 0 Å². The van der Waals surface area contributed by atoms with Crippen molar-refractivity contribution >= 4 is 26.6 Å². The second kappa shape index (κ2) is 8.35. The van der Waals surface area contributed by atoms with Crippen LogP contribution in [0.15, 0.2) is 30.3 Å². The lowest BCUT2D eigenvalue weighted by atomic mass is 10.0. The summed E-state index contributed by atoms with van der Waals surface area (Å²) in [5.74, 6) is 0. The van der Waals surface area contributed by atoms with Gasteiger partial charge in [0, 0.05) is 49.1 Å². The van der Waals surface area contributed by atoms with Crippen LogP contribution >= 0.6 is 0 Å². The van der Waals surface area contributed by atoms with E-state index in [4.69, 9.17) is 9.72 Å². The van der Waals surface area contributed by atoms with E-state index in [9.17, 15) is 8.42 Å². The molecule has 152 valence electrons. The van der Waals surface area contributed by atoms with Gasteiger partial charge in [0.1, 0.15) is 0 Å². The van der Waals surface area contributed by atoms with Gasteiger partial charge in [-0.15, -0.1) is 0 Å². The van der Waals surface area contributed by atoms with E-state index in [1.54, 1.807) is 4.31 Å². The zero-order valence-corrected chi connectivity index (χ0v) is 17.2. The number of benzene rings is 1. The van der Waals surface area contributed by atoms with Crippen LogP contribution in [0.2, 0.25) is 0 Å². The molecule has 0 saturated carbocycles. The fourth-order valence-electron chi connectivity index (χ4n) is 4.19. The molecule has 2 fully saturated rings. The summed E-state index contributed by atoms with van der Waals surface area (Å²) in [6, 6.07) is 10.6. The van der Waals surface area contributed by atoms with Crippen molar-refractivity contribution in [2.45, 2.75) is 50.3 Å². The van der Waals surface area contributed by atoms with Gasteiger partial charge in [0.15, 0.2) is 0 Å². The molecule has 28 heavy (non-hydrogen) atoms.